The Kier molecular flexibility index (Phi) is 4.46. The highest BCUT2D eigenvalue weighted by Gasteiger charge is 2.14. The van der Waals surface area contributed by atoms with Crippen molar-refractivity contribution in [3.8, 4) is 0 Å². The molecule has 4 nitrogen and oxygen atoms in total. The molecule has 2 N–H and O–H groups in total. The zero-order valence-corrected chi connectivity index (χ0v) is 12.1. The predicted octanol–water partition coefficient (Wildman–Crippen LogP) is 2.95. The van der Waals surface area contributed by atoms with Gasteiger partial charge in [0.05, 0.1) is 0 Å². The minimum Gasteiger partial charge on any atom is -0.326 e. The molecule has 2 aromatic rings. The molecular formula is C17H21N3O. The molecule has 1 aliphatic heterocycles. The van der Waals surface area contributed by atoms with Crippen LogP contribution in [-0.2, 0) is 4.79 Å². The Morgan fingerprint density at radius 1 is 1.29 bits per heavy atom. The number of nitrogens with one attached hydrogen (secondary N) is 2. The lowest BCUT2D eigenvalue weighted by Gasteiger charge is -2.22. The van der Waals surface area contributed by atoms with E-state index in [1.807, 2.05) is 30.5 Å². The van der Waals surface area contributed by atoms with Crippen LogP contribution in [-0.4, -0.2) is 24.0 Å². The van der Waals surface area contributed by atoms with Crippen molar-refractivity contribution < 1.29 is 4.79 Å². The first-order valence-electron chi connectivity index (χ1n) is 7.66. The van der Waals surface area contributed by atoms with Gasteiger partial charge >= 0.3 is 0 Å². The maximum atomic E-state index is 12.2. The molecule has 0 spiro atoms. The van der Waals surface area contributed by atoms with Gasteiger partial charge in [-0.05, 0) is 50.4 Å². The van der Waals surface area contributed by atoms with E-state index in [0.29, 0.717) is 12.3 Å². The van der Waals surface area contributed by atoms with Gasteiger partial charge in [-0.2, -0.15) is 0 Å². The summed E-state index contributed by atoms with van der Waals surface area (Å²) in [6.45, 7) is 2.17. The Morgan fingerprint density at radius 2 is 2.14 bits per heavy atom. The Labute approximate surface area is 125 Å². The molecule has 1 amide bonds. The number of piperidine rings is 1. The number of carbonyl (C=O) groups excluding carboxylic acids is 1. The molecule has 1 fully saturated rings. The number of benzene rings is 1. The van der Waals surface area contributed by atoms with Crippen LogP contribution in [0.25, 0.3) is 10.8 Å². The van der Waals surface area contributed by atoms with E-state index in [9.17, 15) is 4.79 Å². The van der Waals surface area contributed by atoms with Crippen LogP contribution in [0.1, 0.15) is 25.7 Å². The summed E-state index contributed by atoms with van der Waals surface area (Å²) >= 11 is 0. The number of amides is 1. The fourth-order valence-electron chi connectivity index (χ4n) is 2.95. The molecule has 110 valence electrons. The monoisotopic (exact) mass is 283 g/mol. The number of hydrogen-bond acceptors (Lipinski definition) is 3. The summed E-state index contributed by atoms with van der Waals surface area (Å²) < 4.78 is 0. The van der Waals surface area contributed by atoms with Gasteiger partial charge in [-0.25, -0.2) is 0 Å². The third-order valence-corrected chi connectivity index (χ3v) is 4.19. The van der Waals surface area contributed by atoms with E-state index < -0.39 is 0 Å². The van der Waals surface area contributed by atoms with E-state index in [-0.39, 0.29) is 5.91 Å². The van der Waals surface area contributed by atoms with Crippen molar-refractivity contribution in [3.63, 3.8) is 0 Å². The van der Waals surface area contributed by atoms with Crippen molar-refractivity contribution in [2.24, 2.45) is 5.92 Å². The molecule has 4 heteroatoms. The van der Waals surface area contributed by atoms with Gasteiger partial charge in [0.2, 0.25) is 5.91 Å². The fourth-order valence-corrected chi connectivity index (χ4v) is 2.95. The van der Waals surface area contributed by atoms with Gasteiger partial charge in [0, 0.05) is 35.3 Å². The smallest absolute Gasteiger partial charge is 0.224 e. The summed E-state index contributed by atoms with van der Waals surface area (Å²) in [5, 5.41) is 8.49. The SMILES string of the molecule is O=C(CCC1CCNCC1)Nc1cccc2cnccc12. The quantitative estimate of drug-likeness (QED) is 0.907. The number of carbonyl (C=O) groups is 1. The lowest BCUT2D eigenvalue weighted by Crippen LogP contribution is -2.28. The van der Waals surface area contributed by atoms with E-state index >= 15 is 0 Å². The van der Waals surface area contributed by atoms with E-state index in [1.54, 1.807) is 6.20 Å². The molecule has 1 aromatic carbocycles. The Bertz CT molecular complexity index is 615. The molecule has 0 radical (unpaired) electrons. The first kappa shape index (κ1) is 14.0. The van der Waals surface area contributed by atoms with Crippen LogP contribution >= 0.6 is 0 Å². The Hall–Kier alpha value is -1.94. The second kappa shape index (κ2) is 6.68. The highest BCUT2D eigenvalue weighted by molar-refractivity contribution is 6.01. The second-order valence-electron chi connectivity index (χ2n) is 5.68. The Balaban J connectivity index is 1.61. The molecule has 0 saturated carbocycles. The first-order valence-corrected chi connectivity index (χ1v) is 7.66. The normalized spacial score (nSPS) is 16.0. The van der Waals surface area contributed by atoms with E-state index in [4.69, 9.17) is 0 Å². The number of nitrogens with zero attached hydrogens (tertiary/aromatic N) is 1. The summed E-state index contributed by atoms with van der Waals surface area (Å²) in [5.74, 6) is 0.798. The van der Waals surface area contributed by atoms with Crippen LogP contribution in [0.4, 0.5) is 5.69 Å². The molecule has 2 heterocycles. The zero-order chi connectivity index (χ0) is 14.5. The molecule has 0 aliphatic carbocycles. The molecule has 0 unspecified atom stereocenters. The minimum absolute atomic E-state index is 0.109. The van der Waals surface area contributed by atoms with Crippen LogP contribution in [0.3, 0.4) is 0 Å². The van der Waals surface area contributed by atoms with Gasteiger partial charge < -0.3 is 10.6 Å². The Morgan fingerprint density at radius 3 is 3.00 bits per heavy atom. The van der Waals surface area contributed by atoms with E-state index in [0.717, 1.165) is 36.0 Å². The second-order valence-corrected chi connectivity index (χ2v) is 5.68. The largest absolute Gasteiger partial charge is 0.326 e. The summed E-state index contributed by atoms with van der Waals surface area (Å²) in [6, 6.07) is 7.85. The summed E-state index contributed by atoms with van der Waals surface area (Å²) in [7, 11) is 0. The van der Waals surface area contributed by atoms with E-state index in [2.05, 4.69) is 15.6 Å². The molecular weight excluding hydrogens is 262 g/mol. The minimum atomic E-state index is 0.109. The molecule has 1 aromatic heterocycles. The van der Waals surface area contributed by atoms with Gasteiger partial charge in [-0.15, -0.1) is 0 Å². The summed E-state index contributed by atoms with van der Waals surface area (Å²) in [4.78, 5) is 16.3. The van der Waals surface area contributed by atoms with Crippen LogP contribution in [0.2, 0.25) is 0 Å². The number of hydrogen-bond donors (Lipinski definition) is 2. The van der Waals surface area contributed by atoms with Crippen LogP contribution in [0.15, 0.2) is 36.7 Å². The topological polar surface area (TPSA) is 54.0 Å². The van der Waals surface area contributed by atoms with E-state index in [1.165, 1.54) is 12.8 Å². The summed E-state index contributed by atoms with van der Waals surface area (Å²) in [5.41, 5.74) is 0.880. The van der Waals surface area contributed by atoms with Crippen molar-refractivity contribution in [2.45, 2.75) is 25.7 Å². The van der Waals surface area contributed by atoms with Crippen molar-refractivity contribution in [2.75, 3.05) is 18.4 Å². The molecule has 21 heavy (non-hydrogen) atoms. The summed E-state index contributed by atoms with van der Waals surface area (Å²) in [6.07, 6.45) is 7.54. The molecule has 1 saturated heterocycles. The number of aromatic nitrogens is 1. The van der Waals surface area contributed by atoms with Gasteiger partial charge in [-0.3, -0.25) is 9.78 Å². The number of rotatable bonds is 4. The predicted molar refractivity (Wildman–Crippen MR) is 85.2 cm³/mol. The maximum absolute atomic E-state index is 12.2. The molecule has 0 atom stereocenters. The number of fused-ring (bicyclic) bond motifs is 1. The van der Waals surface area contributed by atoms with Gasteiger partial charge in [0.25, 0.3) is 0 Å². The van der Waals surface area contributed by atoms with Crippen LogP contribution in [0.5, 0.6) is 0 Å². The average molecular weight is 283 g/mol. The molecule has 0 bridgehead atoms. The fraction of sp³-hybridized carbons (Fsp3) is 0.412. The first-order chi connectivity index (χ1) is 10.3. The van der Waals surface area contributed by atoms with Crippen molar-refractivity contribution >= 4 is 22.4 Å². The van der Waals surface area contributed by atoms with Crippen LogP contribution < -0.4 is 10.6 Å². The highest BCUT2D eigenvalue weighted by Crippen LogP contribution is 2.23. The number of pyridine rings is 1. The van der Waals surface area contributed by atoms with Gasteiger partial charge in [0.15, 0.2) is 0 Å². The van der Waals surface area contributed by atoms with Crippen molar-refractivity contribution in [1.82, 2.24) is 10.3 Å². The highest BCUT2D eigenvalue weighted by atomic mass is 16.1. The third-order valence-electron chi connectivity index (χ3n) is 4.19. The number of anilines is 1. The molecule has 1 aliphatic rings. The van der Waals surface area contributed by atoms with Crippen molar-refractivity contribution in [1.29, 1.82) is 0 Å². The van der Waals surface area contributed by atoms with Gasteiger partial charge in [0.1, 0.15) is 0 Å². The van der Waals surface area contributed by atoms with Gasteiger partial charge in [-0.1, -0.05) is 12.1 Å². The molecule has 3 rings (SSSR count). The lowest BCUT2D eigenvalue weighted by atomic mass is 9.93. The third kappa shape index (κ3) is 3.58. The standard InChI is InChI=1S/C17H21N3O/c21-17(5-4-13-6-9-18-10-7-13)20-16-3-1-2-14-12-19-11-8-15(14)16/h1-3,8,11-13,18H,4-7,9-10H2,(H,20,21). The van der Waals surface area contributed by atoms with Crippen molar-refractivity contribution in [3.05, 3.63) is 36.7 Å². The van der Waals surface area contributed by atoms with Crippen LogP contribution in [0, 0.1) is 5.92 Å². The lowest BCUT2D eigenvalue weighted by molar-refractivity contribution is -0.116. The average Bonchev–Trinajstić information content (AvgIpc) is 2.54. The zero-order valence-electron chi connectivity index (χ0n) is 12.1. The maximum Gasteiger partial charge on any atom is 0.224 e.